The fourth-order valence-electron chi connectivity index (χ4n) is 3.89. The molecule has 0 aliphatic carbocycles. The molecule has 1 aromatic heterocycles. The number of esters is 1. The third kappa shape index (κ3) is 3.42. The summed E-state index contributed by atoms with van der Waals surface area (Å²) in [4.78, 5) is 31.6. The van der Waals surface area contributed by atoms with E-state index in [2.05, 4.69) is 4.99 Å². The first-order valence-electron chi connectivity index (χ1n) is 10.2. The number of fused-ring (bicyclic) bond motifs is 2. The number of carbonyl (C=O) groups excluding carboxylic acids is 1. The zero-order chi connectivity index (χ0) is 22.2. The highest BCUT2D eigenvalue weighted by atomic mass is 32.1. The monoisotopic (exact) mass is 448 g/mol. The third-order valence-corrected chi connectivity index (χ3v) is 6.31. The van der Waals surface area contributed by atoms with Crippen LogP contribution in [-0.4, -0.2) is 23.9 Å². The molecule has 2 aliphatic heterocycles. The number of aromatic nitrogens is 1. The van der Waals surface area contributed by atoms with Crippen molar-refractivity contribution in [3.05, 3.63) is 90.6 Å². The van der Waals surface area contributed by atoms with Crippen molar-refractivity contribution in [2.24, 2.45) is 4.99 Å². The molecule has 0 saturated heterocycles. The van der Waals surface area contributed by atoms with Gasteiger partial charge in [0.2, 0.25) is 6.79 Å². The van der Waals surface area contributed by atoms with Gasteiger partial charge in [-0.15, -0.1) is 0 Å². The molecule has 0 unspecified atom stereocenters. The quantitative estimate of drug-likeness (QED) is 0.573. The first kappa shape index (κ1) is 20.3. The number of thiazole rings is 1. The molecule has 3 aromatic rings. The molecule has 32 heavy (non-hydrogen) atoms. The van der Waals surface area contributed by atoms with Gasteiger partial charge in [-0.3, -0.25) is 9.36 Å². The van der Waals surface area contributed by atoms with E-state index in [0.717, 1.165) is 11.1 Å². The van der Waals surface area contributed by atoms with E-state index < -0.39 is 12.0 Å². The third-order valence-electron chi connectivity index (χ3n) is 5.33. The van der Waals surface area contributed by atoms with Gasteiger partial charge in [0.05, 0.1) is 28.5 Å². The van der Waals surface area contributed by atoms with Crippen molar-refractivity contribution in [1.29, 1.82) is 0 Å². The Morgan fingerprint density at radius 3 is 2.78 bits per heavy atom. The summed E-state index contributed by atoms with van der Waals surface area (Å²) < 4.78 is 18.4. The minimum Gasteiger partial charge on any atom is -0.463 e. The Balaban J connectivity index is 1.73. The van der Waals surface area contributed by atoms with Crippen LogP contribution in [0, 0.1) is 0 Å². The molecule has 0 N–H and O–H groups in total. The normalized spacial score (nSPS) is 17.2. The number of rotatable bonds is 4. The molecule has 2 aromatic carbocycles. The van der Waals surface area contributed by atoms with Gasteiger partial charge < -0.3 is 14.2 Å². The lowest BCUT2D eigenvalue weighted by molar-refractivity contribution is -0.139. The van der Waals surface area contributed by atoms with Crippen LogP contribution < -0.4 is 24.4 Å². The maximum atomic E-state index is 13.5. The van der Waals surface area contributed by atoms with Crippen LogP contribution in [0.15, 0.2) is 69.6 Å². The summed E-state index contributed by atoms with van der Waals surface area (Å²) >= 11 is 1.30. The van der Waals surface area contributed by atoms with E-state index in [9.17, 15) is 9.59 Å². The maximum Gasteiger partial charge on any atom is 0.338 e. The highest BCUT2D eigenvalue weighted by Gasteiger charge is 2.34. The minimum atomic E-state index is -0.683. The Morgan fingerprint density at radius 1 is 1.22 bits per heavy atom. The number of carbonyl (C=O) groups is 1. The molecule has 3 heterocycles. The van der Waals surface area contributed by atoms with Crippen LogP contribution in [0.5, 0.6) is 11.5 Å². The second-order valence-electron chi connectivity index (χ2n) is 7.33. The van der Waals surface area contributed by atoms with E-state index in [1.54, 1.807) is 30.5 Å². The Hall–Kier alpha value is -3.65. The van der Waals surface area contributed by atoms with Crippen molar-refractivity contribution >= 4 is 23.4 Å². The zero-order valence-corrected chi connectivity index (χ0v) is 18.3. The minimum absolute atomic E-state index is 0.137. The summed E-state index contributed by atoms with van der Waals surface area (Å²) in [5.41, 5.74) is 2.29. The summed E-state index contributed by atoms with van der Waals surface area (Å²) in [6.45, 7) is 3.87. The predicted molar refractivity (Wildman–Crippen MR) is 119 cm³/mol. The smallest absolute Gasteiger partial charge is 0.338 e. The van der Waals surface area contributed by atoms with Gasteiger partial charge in [0.25, 0.3) is 5.56 Å². The van der Waals surface area contributed by atoms with Crippen LogP contribution in [0.1, 0.15) is 31.0 Å². The topological polar surface area (TPSA) is 79.1 Å². The summed E-state index contributed by atoms with van der Waals surface area (Å²) in [7, 11) is 0. The average molecular weight is 449 g/mol. The average Bonchev–Trinajstić information content (AvgIpc) is 3.37. The van der Waals surface area contributed by atoms with Crippen LogP contribution in [0.25, 0.3) is 6.08 Å². The van der Waals surface area contributed by atoms with Gasteiger partial charge in [-0.1, -0.05) is 47.7 Å². The highest BCUT2D eigenvalue weighted by molar-refractivity contribution is 7.07. The van der Waals surface area contributed by atoms with E-state index in [0.29, 0.717) is 32.1 Å². The lowest BCUT2D eigenvalue weighted by Crippen LogP contribution is -2.39. The van der Waals surface area contributed by atoms with Gasteiger partial charge in [-0.2, -0.15) is 0 Å². The number of hydrogen-bond acceptors (Lipinski definition) is 7. The Kier molecular flexibility index (Phi) is 5.14. The van der Waals surface area contributed by atoms with Gasteiger partial charge in [0.15, 0.2) is 16.3 Å². The first-order valence-corrected chi connectivity index (χ1v) is 11.0. The molecule has 0 amide bonds. The molecule has 0 bridgehead atoms. The predicted octanol–water partition coefficient (Wildman–Crippen LogP) is 2.53. The molecule has 7 nitrogen and oxygen atoms in total. The van der Waals surface area contributed by atoms with E-state index >= 15 is 0 Å². The largest absolute Gasteiger partial charge is 0.463 e. The summed E-state index contributed by atoms with van der Waals surface area (Å²) in [5.74, 6) is 0.712. The Bertz CT molecular complexity index is 1420. The van der Waals surface area contributed by atoms with Gasteiger partial charge in [-0.05, 0) is 43.2 Å². The Labute approximate surface area is 187 Å². The molecular weight excluding hydrogens is 428 g/mol. The number of benzene rings is 2. The molecule has 1 atom stereocenters. The van der Waals surface area contributed by atoms with Gasteiger partial charge in [0.1, 0.15) is 0 Å². The van der Waals surface area contributed by atoms with Crippen LogP contribution >= 0.6 is 11.3 Å². The second kappa shape index (κ2) is 8.12. The lowest BCUT2D eigenvalue weighted by atomic mass is 9.95. The fourth-order valence-corrected chi connectivity index (χ4v) is 4.94. The molecule has 8 heteroatoms. The van der Waals surface area contributed by atoms with Crippen LogP contribution in [0.3, 0.4) is 0 Å². The molecule has 0 spiro atoms. The van der Waals surface area contributed by atoms with Gasteiger partial charge >= 0.3 is 5.97 Å². The van der Waals surface area contributed by atoms with E-state index in [1.165, 1.54) is 11.3 Å². The second-order valence-corrected chi connectivity index (χ2v) is 8.33. The lowest BCUT2D eigenvalue weighted by Gasteiger charge is -2.24. The number of hydrogen-bond donors (Lipinski definition) is 0. The van der Waals surface area contributed by atoms with Crippen molar-refractivity contribution in [3.8, 4) is 11.5 Å². The molecule has 0 fully saturated rings. The number of nitrogens with zero attached hydrogens (tertiary/aromatic N) is 2. The van der Waals surface area contributed by atoms with Crippen molar-refractivity contribution in [3.63, 3.8) is 0 Å². The van der Waals surface area contributed by atoms with E-state index in [1.807, 2.05) is 42.5 Å². The molecule has 0 radical (unpaired) electrons. The van der Waals surface area contributed by atoms with Crippen LogP contribution in [0.4, 0.5) is 0 Å². The fraction of sp³-hybridized carbons (Fsp3) is 0.208. The Morgan fingerprint density at radius 2 is 2.00 bits per heavy atom. The van der Waals surface area contributed by atoms with Crippen LogP contribution in [-0.2, 0) is 9.53 Å². The van der Waals surface area contributed by atoms with Crippen LogP contribution in [0.2, 0.25) is 0 Å². The van der Waals surface area contributed by atoms with Gasteiger partial charge in [0, 0.05) is 0 Å². The highest BCUT2D eigenvalue weighted by Crippen LogP contribution is 2.38. The zero-order valence-electron chi connectivity index (χ0n) is 17.5. The van der Waals surface area contributed by atoms with Crippen molar-refractivity contribution in [2.45, 2.75) is 19.9 Å². The summed E-state index contributed by atoms with van der Waals surface area (Å²) in [5, 5.41) is 0. The molecule has 5 rings (SSSR count). The molecule has 0 saturated carbocycles. The number of allylic oxidation sites excluding steroid dienone is 1. The van der Waals surface area contributed by atoms with Crippen molar-refractivity contribution in [2.75, 3.05) is 13.4 Å². The van der Waals surface area contributed by atoms with Crippen molar-refractivity contribution in [1.82, 2.24) is 4.57 Å². The van der Waals surface area contributed by atoms with Crippen molar-refractivity contribution < 1.29 is 19.0 Å². The van der Waals surface area contributed by atoms with Gasteiger partial charge in [-0.25, -0.2) is 9.79 Å². The van der Waals surface area contributed by atoms with E-state index in [-0.39, 0.29) is 19.0 Å². The molecule has 162 valence electrons. The first-order chi connectivity index (χ1) is 15.6. The number of ether oxygens (including phenoxy) is 3. The molecular formula is C24H20N2O5S. The summed E-state index contributed by atoms with van der Waals surface area (Å²) in [6, 6.07) is 14.4. The standard InChI is InChI=1S/C24H20N2O5S/c1-3-29-23(28)20-14(2)25-24-26(21(20)16-9-10-17-18(12-16)31-13-30-17)22(27)19(32-24)11-15-7-5-4-6-8-15/h4-12,21H,3,13H2,1-2H3/b19-11+/t21-/m0/s1. The van der Waals surface area contributed by atoms with E-state index in [4.69, 9.17) is 14.2 Å². The summed E-state index contributed by atoms with van der Waals surface area (Å²) in [6.07, 6.45) is 1.84. The maximum absolute atomic E-state index is 13.5. The molecule has 2 aliphatic rings. The SMILES string of the molecule is CCOC(=O)C1=C(C)N=c2s/c(=C/c3ccccc3)c(=O)n2[C@H]1c1ccc2c(c1)OCO2.